The second-order valence-electron chi connectivity index (χ2n) is 6.48. The van der Waals surface area contributed by atoms with Crippen LogP contribution in [0.15, 0.2) is 36.4 Å². The Kier molecular flexibility index (Phi) is 6.60. The summed E-state index contributed by atoms with van der Waals surface area (Å²) < 4.78 is 23.9. The maximum Gasteiger partial charge on any atom is 0.412 e. The number of ether oxygens (including phenoxy) is 2. The molecule has 1 aromatic heterocycles. The first-order valence-electron chi connectivity index (χ1n) is 9.24. The number of benzene rings is 1. The molecular weight excluding hydrogens is 361 g/mol. The number of aryl methyl sites for hydroxylation is 1. The molecule has 1 saturated heterocycles. The topological polar surface area (TPSA) is 63.7 Å². The summed E-state index contributed by atoms with van der Waals surface area (Å²) in [5.74, 6) is 0.948. The Morgan fingerprint density at radius 2 is 2.04 bits per heavy atom. The van der Waals surface area contributed by atoms with E-state index in [0.717, 1.165) is 30.0 Å². The van der Waals surface area contributed by atoms with Gasteiger partial charge in [0.1, 0.15) is 17.3 Å². The molecule has 1 N–H and O–H groups in total. The van der Waals surface area contributed by atoms with Gasteiger partial charge in [-0.05, 0) is 49.2 Å². The maximum absolute atomic E-state index is 13.0. The number of anilines is 1. The molecule has 2 aromatic rings. The summed E-state index contributed by atoms with van der Waals surface area (Å²) >= 11 is 0. The molecule has 6 nitrogen and oxygen atoms in total. The molecular formula is C21H24FN3O3. The van der Waals surface area contributed by atoms with Crippen LogP contribution in [0.5, 0.6) is 5.75 Å². The molecule has 0 spiro atoms. The Bertz CT molecular complexity index is 847. The minimum atomic E-state index is -0.584. The third kappa shape index (κ3) is 5.07. The van der Waals surface area contributed by atoms with Crippen LogP contribution in [0, 0.1) is 12.7 Å². The number of nitrogens with zero attached hydrogens (tertiary/aromatic N) is 2. The van der Waals surface area contributed by atoms with Crippen molar-refractivity contribution in [1.82, 2.24) is 10.3 Å². The predicted molar refractivity (Wildman–Crippen MR) is 106 cm³/mol. The molecule has 7 heteroatoms. The molecule has 1 amide bonds. The second kappa shape index (κ2) is 9.32. The lowest BCUT2D eigenvalue weighted by molar-refractivity contribution is 0.122. The van der Waals surface area contributed by atoms with Gasteiger partial charge in [0.15, 0.2) is 5.75 Å². The van der Waals surface area contributed by atoms with Crippen molar-refractivity contribution in [3.8, 4) is 5.75 Å². The number of amides is 1. The van der Waals surface area contributed by atoms with E-state index in [9.17, 15) is 9.18 Å². The third-order valence-corrected chi connectivity index (χ3v) is 4.38. The van der Waals surface area contributed by atoms with Gasteiger partial charge in [0.25, 0.3) is 0 Å². The first-order chi connectivity index (χ1) is 13.6. The Labute approximate surface area is 164 Å². The first kappa shape index (κ1) is 19.8. The van der Waals surface area contributed by atoms with Gasteiger partial charge in [-0.25, -0.2) is 14.2 Å². The van der Waals surface area contributed by atoms with Gasteiger partial charge in [-0.3, -0.25) is 0 Å². The quantitative estimate of drug-likeness (QED) is 0.851. The van der Waals surface area contributed by atoms with Gasteiger partial charge in [0.2, 0.25) is 0 Å². The Hall–Kier alpha value is -2.93. The van der Waals surface area contributed by atoms with Gasteiger partial charge in [-0.1, -0.05) is 18.2 Å². The molecule has 0 atom stereocenters. The van der Waals surface area contributed by atoms with Crippen molar-refractivity contribution in [2.75, 3.05) is 31.2 Å². The second-order valence-corrected chi connectivity index (χ2v) is 6.48. The zero-order valence-corrected chi connectivity index (χ0v) is 16.1. The number of hydrogen-bond acceptors (Lipinski definition) is 5. The molecule has 0 bridgehead atoms. The summed E-state index contributed by atoms with van der Waals surface area (Å²) in [5, 5.41) is 2.68. The fourth-order valence-corrected chi connectivity index (χ4v) is 2.93. The van der Waals surface area contributed by atoms with Gasteiger partial charge in [-0.15, -0.1) is 0 Å². The minimum Gasteiger partial charge on any atom is -0.408 e. The van der Waals surface area contributed by atoms with Crippen molar-refractivity contribution < 1.29 is 18.7 Å². The zero-order valence-electron chi connectivity index (χ0n) is 16.1. The van der Waals surface area contributed by atoms with Crippen molar-refractivity contribution in [1.29, 1.82) is 0 Å². The monoisotopic (exact) mass is 385 g/mol. The van der Waals surface area contributed by atoms with Gasteiger partial charge < -0.3 is 19.7 Å². The lowest BCUT2D eigenvalue weighted by Gasteiger charge is -2.28. The smallest absolute Gasteiger partial charge is 0.408 e. The normalized spacial score (nSPS) is 14.3. The number of hydrogen-bond donors (Lipinski definition) is 1. The van der Waals surface area contributed by atoms with Crippen molar-refractivity contribution in [2.24, 2.45) is 0 Å². The molecule has 1 fully saturated rings. The fourth-order valence-electron chi connectivity index (χ4n) is 2.93. The van der Waals surface area contributed by atoms with Crippen LogP contribution in [0.4, 0.5) is 15.0 Å². The van der Waals surface area contributed by atoms with E-state index in [-0.39, 0.29) is 12.4 Å². The molecule has 1 aliphatic heterocycles. The first-order valence-corrected chi connectivity index (χ1v) is 9.24. The molecule has 1 aromatic carbocycles. The van der Waals surface area contributed by atoms with Crippen LogP contribution in [0.1, 0.15) is 23.7 Å². The summed E-state index contributed by atoms with van der Waals surface area (Å²) in [6.45, 7) is 6.92. The summed E-state index contributed by atoms with van der Waals surface area (Å²) in [5.41, 5.74) is 2.20. The Morgan fingerprint density at radius 3 is 2.71 bits per heavy atom. The van der Waals surface area contributed by atoms with E-state index >= 15 is 0 Å². The van der Waals surface area contributed by atoms with Gasteiger partial charge in [0.05, 0.1) is 13.2 Å². The average Bonchev–Trinajstić information content (AvgIpc) is 2.71. The number of carbonyl (C=O) groups excluding carboxylic acids is 1. The largest absolute Gasteiger partial charge is 0.412 e. The fraction of sp³-hybridized carbons (Fsp3) is 0.333. The highest BCUT2D eigenvalue weighted by Crippen LogP contribution is 2.28. The SMILES string of the molecule is C/C=C/c1nc(N2CCOCC2)cc(C)c1OC(=O)NCc1ccc(F)cc1. The van der Waals surface area contributed by atoms with Gasteiger partial charge >= 0.3 is 6.09 Å². The predicted octanol–water partition coefficient (Wildman–Crippen LogP) is 3.69. The highest BCUT2D eigenvalue weighted by molar-refractivity contribution is 5.73. The highest BCUT2D eigenvalue weighted by Gasteiger charge is 2.18. The van der Waals surface area contributed by atoms with Crippen LogP contribution in [0.3, 0.4) is 0 Å². The van der Waals surface area contributed by atoms with Gasteiger partial charge in [0, 0.05) is 19.6 Å². The molecule has 3 rings (SSSR count). The van der Waals surface area contributed by atoms with Crippen LogP contribution in [0.2, 0.25) is 0 Å². The molecule has 1 aliphatic rings. The molecule has 148 valence electrons. The van der Waals surface area contributed by atoms with E-state index in [1.54, 1.807) is 12.1 Å². The molecule has 0 radical (unpaired) electrons. The number of rotatable bonds is 5. The zero-order chi connectivity index (χ0) is 19.9. The number of carbonyl (C=O) groups is 1. The highest BCUT2D eigenvalue weighted by atomic mass is 19.1. The molecule has 0 saturated carbocycles. The molecule has 2 heterocycles. The summed E-state index contributed by atoms with van der Waals surface area (Å²) in [6, 6.07) is 7.85. The maximum atomic E-state index is 13.0. The van der Waals surface area contributed by atoms with E-state index in [1.165, 1.54) is 12.1 Å². The Balaban J connectivity index is 1.72. The summed E-state index contributed by atoms with van der Waals surface area (Å²) in [4.78, 5) is 19.1. The van der Waals surface area contributed by atoms with Gasteiger partial charge in [-0.2, -0.15) is 0 Å². The standard InChI is InChI=1S/C21H24FN3O3/c1-3-4-18-20(15(2)13-19(24-18)25-9-11-27-12-10-25)28-21(26)23-14-16-5-7-17(22)8-6-16/h3-8,13H,9-12,14H2,1-2H3,(H,23,26)/b4-3+. The van der Waals surface area contributed by atoms with Crippen molar-refractivity contribution in [3.05, 3.63) is 59.0 Å². The number of allylic oxidation sites excluding steroid dienone is 1. The summed E-state index contributed by atoms with van der Waals surface area (Å²) in [6.07, 6.45) is 3.09. The number of halogens is 1. The Morgan fingerprint density at radius 1 is 1.32 bits per heavy atom. The third-order valence-electron chi connectivity index (χ3n) is 4.38. The van der Waals surface area contributed by atoms with Crippen LogP contribution < -0.4 is 15.0 Å². The lowest BCUT2D eigenvalue weighted by Crippen LogP contribution is -2.37. The summed E-state index contributed by atoms with van der Waals surface area (Å²) in [7, 11) is 0. The lowest BCUT2D eigenvalue weighted by atomic mass is 10.2. The van der Waals surface area contributed by atoms with Crippen LogP contribution in [-0.4, -0.2) is 37.4 Å². The number of nitrogens with one attached hydrogen (secondary N) is 1. The minimum absolute atomic E-state index is 0.246. The molecule has 0 aliphatic carbocycles. The average molecular weight is 385 g/mol. The van der Waals surface area contributed by atoms with E-state index in [2.05, 4.69) is 15.2 Å². The van der Waals surface area contributed by atoms with E-state index in [0.29, 0.717) is 24.7 Å². The molecule has 0 unspecified atom stereocenters. The van der Waals surface area contributed by atoms with Crippen LogP contribution in [-0.2, 0) is 11.3 Å². The van der Waals surface area contributed by atoms with Crippen molar-refractivity contribution in [2.45, 2.75) is 20.4 Å². The van der Waals surface area contributed by atoms with Crippen molar-refractivity contribution >= 4 is 18.0 Å². The number of aromatic nitrogens is 1. The van der Waals surface area contributed by atoms with Crippen LogP contribution >= 0.6 is 0 Å². The molecule has 28 heavy (non-hydrogen) atoms. The van der Waals surface area contributed by atoms with Crippen molar-refractivity contribution in [3.63, 3.8) is 0 Å². The number of morpholine rings is 1. The number of pyridine rings is 1. The van der Waals surface area contributed by atoms with E-state index < -0.39 is 6.09 Å². The van der Waals surface area contributed by atoms with E-state index in [4.69, 9.17) is 9.47 Å². The van der Waals surface area contributed by atoms with Crippen LogP contribution in [0.25, 0.3) is 6.08 Å². The van der Waals surface area contributed by atoms with E-state index in [1.807, 2.05) is 32.1 Å².